The van der Waals surface area contributed by atoms with Gasteiger partial charge in [0.2, 0.25) is 0 Å². The first kappa shape index (κ1) is 14.9. The number of piperidine rings is 2. The first-order valence-electron chi connectivity index (χ1n) is 7.53. The van der Waals surface area contributed by atoms with Crippen molar-refractivity contribution in [2.75, 3.05) is 33.2 Å². The quantitative estimate of drug-likeness (QED) is 0.796. The first-order chi connectivity index (χ1) is 9.80. The molecule has 2 saturated heterocycles. The number of amides is 1. The van der Waals surface area contributed by atoms with Crippen LogP contribution in [-0.4, -0.2) is 48.9 Å². The van der Waals surface area contributed by atoms with Crippen LogP contribution < -0.4 is 0 Å². The van der Waals surface area contributed by atoms with Gasteiger partial charge in [0.25, 0.3) is 5.91 Å². The third kappa shape index (κ3) is 2.82. The van der Waals surface area contributed by atoms with Crippen LogP contribution in [0.3, 0.4) is 0 Å². The molecule has 2 heterocycles. The van der Waals surface area contributed by atoms with Gasteiger partial charge in [0, 0.05) is 26.2 Å². The molecule has 3 nitrogen and oxygen atoms in total. The minimum atomic E-state index is 0.0716. The summed E-state index contributed by atoms with van der Waals surface area (Å²) in [6.07, 6.45) is 1.19. The Bertz CT molecular complexity index is 556. The zero-order valence-electron chi connectivity index (χ0n) is 13.0. The summed E-state index contributed by atoms with van der Waals surface area (Å²) < 4.78 is 0. The van der Waals surface area contributed by atoms with Crippen molar-refractivity contribution in [2.45, 2.75) is 20.3 Å². The average Bonchev–Trinajstić information content (AvgIpc) is 2.34. The van der Waals surface area contributed by atoms with Gasteiger partial charge in [-0.05, 0) is 36.4 Å². The van der Waals surface area contributed by atoms with E-state index in [1.165, 1.54) is 6.42 Å². The number of halogens is 1. The van der Waals surface area contributed by atoms with Gasteiger partial charge >= 0.3 is 0 Å². The summed E-state index contributed by atoms with van der Waals surface area (Å²) in [5.41, 5.74) is 0.980. The summed E-state index contributed by atoms with van der Waals surface area (Å²) in [5, 5.41) is 0.547. The Morgan fingerprint density at radius 1 is 1.10 bits per heavy atom. The highest BCUT2D eigenvalue weighted by molar-refractivity contribution is 6.33. The van der Waals surface area contributed by atoms with Crippen LogP contribution in [0, 0.1) is 10.8 Å². The lowest BCUT2D eigenvalue weighted by Crippen LogP contribution is -2.62. The molecule has 4 heteroatoms. The van der Waals surface area contributed by atoms with Crippen molar-refractivity contribution in [1.29, 1.82) is 0 Å². The maximum atomic E-state index is 12.8. The van der Waals surface area contributed by atoms with Crippen LogP contribution >= 0.6 is 11.6 Å². The summed E-state index contributed by atoms with van der Waals surface area (Å²) in [7, 11) is 2.18. The third-order valence-electron chi connectivity index (χ3n) is 4.69. The lowest BCUT2D eigenvalue weighted by atomic mass is 9.65. The van der Waals surface area contributed by atoms with Gasteiger partial charge in [0.15, 0.2) is 0 Å². The normalized spacial score (nSPS) is 33.0. The molecule has 0 radical (unpaired) electrons. The molecule has 21 heavy (non-hydrogen) atoms. The summed E-state index contributed by atoms with van der Waals surface area (Å²) in [6, 6.07) is 7.35. The largest absolute Gasteiger partial charge is 0.337 e. The number of benzene rings is 1. The molecule has 114 valence electrons. The molecule has 2 aliphatic rings. The van der Waals surface area contributed by atoms with Crippen molar-refractivity contribution in [3.05, 3.63) is 34.9 Å². The van der Waals surface area contributed by atoms with Gasteiger partial charge in [-0.2, -0.15) is 0 Å². The highest BCUT2D eigenvalue weighted by atomic mass is 35.5. The molecule has 2 fully saturated rings. The van der Waals surface area contributed by atoms with Crippen molar-refractivity contribution in [1.82, 2.24) is 9.80 Å². The van der Waals surface area contributed by atoms with Gasteiger partial charge < -0.3 is 9.80 Å². The van der Waals surface area contributed by atoms with Crippen LogP contribution in [-0.2, 0) is 0 Å². The van der Waals surface area contributed by atoms with Crippen LogP contribution in [0.4, 0.5) is 0 Å². The van der Waals surface area contributed by atoms with Crippen LogP contribution in [0.5, 0.6) is 0 Å². The highest BCUT2D eigenvalue weighted by Gasteiger charge is 2.48. The van der Waals surface area contributed by atoms with Gasteiger partial charge in [-0.1, -0.05) is 37.6 Å². The number of fused-ring (bicyclic) bond motifs is 2. The standard InChI is InChI=1S/C17H23ClN2O/c1-16-8-17(2,10-19(3)9-16)12-20(11-16)15(21)13-6-4-5-7-14(13)18/h4-7H,8-12H2,1-3H3/t16-,17-/m1/s1. The third-order valence-corrected chi connectivity index (χ3v) is 5.02. The molecular formula is C17H23ClN2O. The fourth-order valence-corrected chi connectivity index (χ4v) is 4.86. The second kappa shape index (κ2) is 4.99. The van der Waals surface area contributed by atoms with E-state index in [1.807, 2.05) is 23.1 Å². The van der Waals surface area contributed by atoms with E-state index in [-0.39, 0.29) is 16.7 Å². The van der Waals surface area contributed by atoms with Crippen LogP contribution in [0.2, 0.25) is 5.02 Å². The fourth-order valence-electron chi connectivity index (χ4n) is 4.64. The maximum absolute atomic E-state index is 12.8. The fraction of sp³-hybridized carbons (Fsp3) is 0.588. The van der Waals surface area contributed by atoms with Crippen molar-refractivity contribution >= 4 is 17.5 Å². The molecule has 3 rings (SSSR count). The Morgan fingerprint density at radius 2 is 1.67 bits per heavy atom. The molecule has 0 N–H and O–H groups in total. The molecule has 0 saturated carbocycles. The second-order valence-electron chi connectivity index (χ2n) is 7.61. The SMILES string of the molecule is CN1C[C@]2(C)CN(C(=O)c3ccccc3Cl)C[C@@](C)(C1)C2. The van der Waals surface area contributed by atoms with Gasteiger partial charge in [-0.15, -0.1) is 0 Å². The Hall–Kier alpha value is -1.06. The number of hydrogen-bond donors (Lipinski definition) is 0. The van der Waals surface area contributed by atoms with Gasteiger partial charge in [0.05, 0.1) is 10.6 Å². The highest BCUT2D eigenvalue weighted by Crippen LogP contribution is 2.45. The first-order valence-corrected chi connectivity index (χ1v) is 7.91. The summed E-state index contributed by atoms with van der Waals surface area (Å²) in [5.74, 6) is 0.0716. The predicted octanol–water partition coefficient (Wildman–Crippen LogP) is 3.14. The van der Waals surface area contributed by atoms with Crippen LogP contribution in [0.25, 0.3) is 0 Å². The van der Waals surface area contributed by atoms with E-state index in [2.05, 4.69) is 25.8 Å². The van der Waals surface area contributed by atoms with Crippen molar-refractivity contribution in [2.24, 2.45) is 10.8 Å². The second-order valence-corrected chi connectivity index (χ2v) is 8.02. The van der Waals surface area contributed by atoms with E-state index in [0.717, 1.165) is 26.2 Å². The molecule has 1 aromatic carbocycles. The number of carbonyl (C=O) groups is 1. The molecule has 0 aromatic heterocycles. The molecule has 0 spiro atoms. The molecule has 2 aliphatic heterocycles. The minimum absolute atomic E-state index is 0.0716. The smallest absolute Gasteiger partial charge is 0.255 e. The molecule has 1 amide bonds. The van der Waals surface area contributed by atoms with E-state index in [1.54, 1.807) is 6.07 Å². The zero-order chi connectivity index (χ0) is 15.3. The number of likely N-dealkylation sites (tertiary alicyclic amines) is 2. The number of hydrogen-bond acceptors (Lipinski definition) is 2. The van der Waals surface area contributed by atoms with E-state index in [4.69, 9.17) is 11.6 Å². The predicted molar refractivity (Wildman–Crippen MR) is 85.7 cm³/mol. The van der Waals surface area contributed by atoms with Crippen molar-refractivity contribution in [3.8, 4) is 0 Å². The topological polar surface area (TPSA) is 23.6 Å². The molecule has 0 unspecified atom stereocenters. The van der Waals surface area contributed by atoms with E-state index >= 15 is 0 Å². The number of rotatable bonds is 1. The van der Waals surface area contributed by atoms with Gasteiger partial charge in [-0.25, -0.2) is 0 Å². The number of nitrogens with zero attached hydrogens (tertiary/aromatic N) is 2. The van der Waals surface area contributed by atoms with E-state index < -0.39 is 0 Å². The molecule has 2 bridgehead atoms. The number of carbonyl (C=O) groups excluding carboxylic acids is 1. The van der Waals surface area contributed by atoms with Crippen molar-refractivity contribution < 1.29 is 4.79 Å². The summed E-state index contributed by atoms with van der Waals surface area (Å²) >= 11 is 6.20. The molecular weight excluding hydrogens is 284 g/mol. The molecule has 1 aromatic rings. The lowest BCUT2D eigenvalue weighted by Gasteiger charge is -2.56. The van der Waals surface area contributed by atoms with Crippen LogP contribution in [0.1, 0.15) is 30.6 Å². The molecule has 2 atom stereocenters. The average molecular weight is 307 g/mol. The van der Waals surface area contributed by atoms with E-state index in [9.17, 15) is 4.79 Å². The van der Waals surface area contributed by atoms with E-state index in [0.29, 0.717) is 10.6 Å². The zero-order valence-corrected chi connectivity index (χ0v) is 13.8. The monoisotopic (exact) mass is 306 g/mol. The van der Waals surface area contributed by atoms with Crippen LogP contribution in [0.15, 0.2) is 24.3 Å². The van der Waals surface area contributed by atoms with Gasteiger partial charge in [0.1, 0.15) is 0 Å². The summed E-state index contributed by atoms with van der Waals surface area (Å²) in [6.45, 7) is 8.33. The Labute approximate surface area is 131 Å². The maximum Gasteiger partial charge on any atom is 0.255 e. The Kier molecular flexibility index (Phi) is 3.53. The summed E-state index contributed by atoms with van der Waals surface area (Å²) in [4.78, 5) is 17.3. The van der Waals surface area contributed by atoms with Gasteiger partial charge in [-0.3, -0.25) is 4.79 Å². The Balaban J connectivity index is 1.88. The minimum Gasteiger partial charge on any atom is -0.337 e. The lowest BCUT2D eigenvalue weighted by molar-refractivity contribution is -0.0554. The van der Waals surface area contributed by atoms with Crippen molar-refractivity contribution in [3.63, 3.8) is 0 Å². The molecule has 0 aliphatic carbocycles. The Morgan fingerprint density at radius 3 is 2.24 bits per heavy atom.